The van der Waals surface area contributed by atoms with Gasteiger partial charge in [-0.25, -0.2) is 4.79 Å². The van der Waals surface area contributed by atoms with Crippen LogP contribution in [-0.2, 0) is 19.4 Å². The van der Waals surface area contributed by atoms with Gasteiger partial charge in [0.2, 0.25) is 0 Å². The van der Waals surface area contributed by atoms with Crippen LogP contribution in [0.25, 0.3) is 0 Å². The molecule has 0 heterocycles. The Hall–Kier alpha value is -2.89. The molecule has 27 heavy (non-hydrogen) atoms. The molecule has 2 amide bonds. The van der Waals surface area contributed by atoms with Crippen LogP contribution in [0.3, 0.4) is 0 Å². The topological polar surface area (TPSA) is 68.8 Å². The van der Waals surface area contributed by atoms with Crippen LogP contribution in [-0.4, -0.2) is 33.4 Å². The molecule has 3 rings (SSSR count). The predicted molar refractivity (Wildman–Crippen MR) is 104 cm³/mol. The molecule has 0 unspecified atom stereocenters. The highest BCUT2D eigenvalue weighted by Gasteiger charge is 2.11. The lowest BCUT2D eigenvalue weighted by Gasteiger charge is -2.12. The molecule has 6 nitrogen and oxygen atoms in total. The number of ether oxygens (including phenoxy) is 3. The number of hydrogen-bond donors (Lipinski definition) is 2. The Morgan fingerprint density at radius 2 is 1.78 bits per heavy atom. The zero-order valence-corrected chi connectivity index (χ0v) is 15.8. The van der Waals surface area contributed by atoms with Crippen LogP contribution in [0, 0.1) is 0 Å². The molecule has 0 fully saturated rings. The van der Waals surface area contributed by atoms with Crippen molar-refractivity contribution < 1.29 is 19.0 Å². The van der Waals surface area contributed by atoms with E-state index in [4.69, 9.17) is 14.2 Å². The van der Waals surface area contributed by atoms with Crippen LogP contribution in [0.2, 0.25) is 0 Å². The molecule has 0 spiro atoms. The second kappa shape index (κ2) is 9.16. The second-order valence-electron chi connectivity index (χ2n) is 6.42. The molecule has 0 bridgehead atoms. The van der Waals surface area contributed by atoms with Crippen LogP contribution in [0.5, 0.6) is 17.2 Å². The van der Waals surface area contributed by atoms with Crippen LogP contribution in [0.4, 0.5) is 4.79 Å². The van der Waals surface area contributed by atoms with E-state index in [1.54, 1.807) is 14.2 Å². The van der Waals surface area contributed by atoms with E-state index in [-0.39, 0.29) is 6.03 Å². The second-order valence-corrected chi connectivity index (χ2v) is 6.42. The molecule has 0 atom stereocenters. The Morgan fingerprint density at radius 1 is 0.963 bits per heavy atom. The van der Waals surface area contributed by atoms with Crippen LogP contribution in [0.1, 0.15) is 23.1 Å². The van der Waals surface area contributed by atoms with Crippen molar-refractivity contribution in [3.8, 4) is 17.2 Å². The lowest BCUT2D eigenvalue weighted by molar-refractivity contribution is 0.236. The first-order chi connectivity index (χ1) is 13.2. The fourth-order valence-electron chi connectivity index (χ4n) is 3.23. The molecule has 0 saturated carbocycles. The van der Waals surface area contributed by atoms with E-state index in [1.165, 1.54) is 17.5 Å². The minimum Gasteiger partial charge on any atom is -0.497 e. The summed E-state index contributed by atoms with van der Waals surface area (Å²) in [6, 6.07) is 11.5. The van der Waals surface area contributed by atoms with Gasteiger partial charge in [-0.15, -0.1) is 0 Å². The summed E-state index contributed by atoms with van der Waals surface area (Å²) in [5.41, 5.74) is 3.65. The number of urea groups is 1. The summed E-state index contributed by atoms with van der Waals surface area (Å²) in [5.74, 6) is 2.28. The molecule has 144 valence electrons. The Balaban J connectivity index is 1.40. The number of fused-ring (bicyclic) bond motifs is 1. The fraction of sp³-hybridized carbons (Fsp3) is 0.381. The molecule has 0 radical (unpaired) electrons. The van der Waals surface area contributed by atoms with Gasteiger partial charge in [0.25, 0.3) is 0 Å². The van der Waals surface area contributed by atoms with Crippen molar-refractivity contribution in [2.24, 2.45) is 0 Å². The summed E-state index contributed by atoms with van der Waals surface area (Å²) in [6.45, 7) is 1.20. The van der Waals surface area contributed by atoms with Gasteiger partial charge in [0.15, 0.2) is 0 Å². The van der Waals surface area contributed by atoms with E-state index < -0.39 is 0 Å². The van der Waals surface area contributed by atoms with Crippen LogP contribution in [0.15, 0.2) is 36.4 Å². The number of methoxy groups -OCH3 is 2. The van der Waals surface area contributed by atoms with E-state index in [0.717, 1.165) is 29.9 Å². The van der Waals surface area contributed by atoms with Crippen LogP contribution >= 0.6 is 0 Å². The van der Waals surface area contributed by atoms with Gasteiger partial charge in [0, 0.05) is 12.1 Å². The number of benzene rings is 2. The maximum atomic E-state index is 12.0. The Kier molecular flexibility index (Phi) is 6.41. The third-order valence-corrected chi connectivity index (χ3v) is 4.65. The molecule has 1 aliphatic carbocycles. The maximum absolute atomic E-state index is 12.0. The average molecular weight is 370 g/mol. The Bertz CT molecular complexity index is 792. The molecule has 1 aliphatic rings. The number of carbonyl (C=O) groups excluding carboxylic acids is 1. The van der Waals surface area contributed by atoms with Gasteiger partial charge in [0.05, 0.1) is 20.8 Å². The van der Waals surface area contributed by atoms with Crippen LogP contribution < -0.4 is 24.8 Å². The van der Waals surface area contributed by atoms with E-state index >= 15 is 0 Å². The first kappa shape index (κ1) is 18.9. The smallest absolute Gasteiger partial charge is 0.315 e. The molecule has 2 aromatic carbocycles. The summed E-state index contributed by atoms with van der Waals surface area (Å²) < 4.78 is 16.3. The number of nitrogens with one attached hydrogen (secondary N) is 2. The van der Waals surface area contributed by atoms with Crippen molar-refractivity contribution in [3.05, 3.63) is 53.1 Å². The van der Waals surface area contributed by atoms with Gasteiger partial charge in [-0.05, 0) is 60.7 Å². The molecule has 2 aromatic rings. The zero-order valence-electron chi connectivity index (χ0n) is 15.8. The lowest BCUT2D eigenvalue weighted by Crippen LogP contribution is -2.37. The van der Waals surface area contributed by atoms with E-state index in [1.807, 2.05) is 24.3 Å². The van der Waals surface area contributed by atoms with Crippen molar-refractivity contribution in [2.45, 2.75) is 25.8 Å². The highest BCUT2D eigenvalue weighted by Crippen LogP contribution is 2.26. The Labute approximate surface area is 159 Å². The van der Waals surface area contributed by atoms with Crippen molar-refractivity contribution >= 4 is 6.03 Å². The Morgan fingerprint density at radius 3 is 2.59 bits per heavy atom. The first-order valence-electron chi connectivity index (χ1n) is 9.17. The maximum Gasteiger partial charge on any atom is 0.315 e. The molecular weight excluding hydrogens is 344 g/mol. The van der Waals surface area contributed by atoms with Gasteiger partial charge in [-0.1, -0.05) is 6.07 Å². The highest BCUT2D eigenvalue weighted by atomic mass is 16.5. The van der Waals surface area contributed by atoms with Crippen molar-refractivity contribution in [1.82, 2.24) is 10.6 Å². The molecule has 2 N–H and O–H groups in total. The summed E-state index contributed by atoms with van der Waals surface area (Å²) in [5, 5.41) is 5.61. The predicted octanol–water partition coefficient (Wildman–Crippen LogP) is 3.07. The summed E-state index contributed by atoms with van der Waals surface area (Å²) in [7, 11) is 3.20. The SMILES string of the molecule is COc1ccc(OC)c(CNC(=O)NCCOc2ccc3c(c2)CCC3)c1. The van der Waals surface area contributed by atoms with Crippen molar-refractivity contribution in [1.29, 1.82) is 0 Å². The van der Waals surface area contributed by atoms with Gasteiger partial charge in [-0.2, -0.15) is 0 Å². The molecule has 0 aliphatic heterocycles. The normalized spacial score (nSPS) is 12.2. The number of amides is 2. The van der Waals surface area contributed by atoms with E-state index in [9.17, 15) is 4.79 Å². The van der Waals surface area contributed by atoms with Gasteiger partial charge >= 0.3 is 6.03 Å². The summed E-state index contributed by atoms with van der Waals surface area (Å²) in [4.78, 5) is 12.0. The zero-order chi connectivity index (χ0) is 19.1. The lowest BCUT2D eigenvalue weighted by atomic mass is 10.1. The quantitative estimate of drug-likeness (QED) is 0.701. The number of rotatable bonds is 8. The fourth-order valence-corrected chi connectivity index (χ4v) is 3.23. The standard InChI is InChI=1S/C21H26N2O4/c1-25-18-8-9-20(26-2)17(13-18)14-23-21(24)22-10-11-27-19-7-6-15-4-3-5-16(15)12-19/h6-9,12-13H,3-5,10-11,14H2,1-2H3,(H2,22,23,24). The monoisotopic (exact) mass is 370 g/mol. The summed E-state index contributed by atoms with van der Waals surface area (Å²) >= 11 is 0. The van der Waals surface area contributed by atoms with Gasteiger partial charge < -0.3 is 24.8 Å². The third kappa shape index (κ3) is 5.06. The summed E-state index contributed by atoms with van der Waals surface area (Å²) in [6.07, 6.45) is 3.51. The third-order valence-electron chi connectivity index (χ3n) is 4.65. The van der Waals surface area contributed by atoms with Crippen molar-refractivity contribution in [3.63, 3.8) is 0 Å². The minimum absolute atomic E-state index is 0.252. The average Bonchev–Trinajstić information content (AvgIpc) is 3.17. The largest absolute Gasteiger partial charge is 0.497 e. The van der Waals surface area contributed by atoms with Gasteiger partial charge in [0.1, 0.15) is 23.9 Å². The van der Waals surface area contributed by atoms with E-state index in [0.29, 0.717) is 25.4 Å². The van der Waals surface area contributed by atoms with E-state index in [2.05, 4.69) is 22.8 Å². The van der Waals surface area contributed by atoms with Gasteiger partial charge in [-0.3, -0.25) is 0 Å². The minimum atomic E-state index is -0.252. The molecule has 6 heteroatoms. The van der Waals surface area contributed by atoms with Crippen molar-refractivity contribution in [2.75, 3.05) is 27.4 Å². The molecule has 0 aromatic heterocycles. The molecular formula is C21H26N2O4. The number of carbonyl (C=O) groups is 1. The first-order valence-corrected chi connectivity index (χ1v) is 9.17. The highest BCUT2D eigenvalue weighted by molar-refractivity contribution is 5.73. The number of aryl methyl sites for hydroxylation is 2. The molecule has 0 saturated heterocycles. The number of hydrogen-bond acceptors (Lipinski definition) is 4.